The van der Waals surface area contributed by atoms with E-state index < -0.39 is 23.0 Å². The van der Waals surface area contributed by atoms with Crippen molar-refractivity contribution in [1.82, 2.24) is 0 Å². The summed E-state index contributed by atoms with van der Waals surface area (Å²) in [5, 5.41) is 12.3. The lowest BCUT2D eigenvalue weighted by Gasteiger charge is -2.64. The first-order chi connectivity index (χ1) is 15.0. The Morgan fingerprint density at radius 2 is 1.56 bits per heavy atom. The molecule has 0 spiro atoms. The van der Waals surface area contributed by atoms with Crippen LogP contribution < -0.4 is 0 Å². The Morgan fingerprint density at radius 3 is 2.19 bits per heavy atom. The summed E-state index contributed by atoms with van der Waals surface area (Å²) in [5.41, 5.74) is -1.99. The SMILES string of the molecule is COC(=O)[C@@H]1CC[C@]2(O)[C@H]3CC[C@H]4C[C@@H](OC(C)=O)CC[C@]4(C)[C@@H]3C[C@@H](OC(C)=O)[C@@]12C. The van der Waals surface area contributed by atoms with Crippen molar-refractivity contribution in [3.8, 4) is 0 Å². The fraction of sp³-hybridized carbons (Fsp3) is 0.880. The Bertz CT molecular complexity index is 795. The van der Waals surface area contributed by atoms with Crippen molar-refractivity contribution in [2.24, 2.45) is 34.5 Å². The molecule has 0 aromatic carbocycles. The maximum Gasteiger partial charge on any atom is 0.309 e. The third-order valence-corrected chi connectivity index (χ3v) is 9.99. The van der Waals surface area contributed by atoms with Crippen LogP contribution in [0.1, 0.15) is 79.1 Å². The Labute approximate surface area is 190 Å². The number of ether oxygens (including phenoxy) is 3. The molecular weight excluding hydrogens is 412 g/mol. The summed E-state index contributed by atoms with van der Waals surface area (Å²) in [6.07, 6.45) is 5.51. The van der Waals surface area contributed by atoms with Crippen LogP contribution in [0, 0.1) is 34.5 Å². The molecule has 4 saturated carbocycles. The number of esters is 3. The van der Waals surface area contributed by atoms with E-state index in [1.807, 2.05) is 6.92 Å². The van der Waals surface area contributed by atoms with Crippen molar-refractivity contribution >= 4 is 17.9 Å². The van der Waals surface area contributed by atoms with Gasteiger partial charge in [-0.2, -0.15) is 0 Å². The van der Waals surface area contributed by atoms with Gasteiger partial charge in [-0.1, -0.05) is 13.8 Å². The molecule has 180 valence electrons. The smallest absolute Gasteiger partial charge is 0.309 e. The number of carbonyl (C=O) groups excluding carboxylic acids is 3. The van der Waals surface area contributed by atoms with Gasteiger partial charge in [0, 0.05) is 19.3 Å². The Balaban J connectivity index is 1.69. The zero-order chi connectivity index (χ0) is 23.5. The van der Waals surface area contributed by atoms with E-state index in [0.29, 0.717) is 25.2 Å². The predicted octanol–water partition coefficient (Wildman–Crippen LogP) is 3.41. The average Bonchev–Trinajstić information content (AvgIpc) is 3.00. The maximum absolute atomic E-state index is 12.7. The number of rotatable bonds is 3. The predicted molar refractivity (Wildman–Crippen MR) is 115 cm³/mol. The number of hydrogen-bond donors (Lipinski definition) is 1. The van der Waals surface area contributed by atoms with Gasteiger partial charge >= 0.3 is 17.9 Å². The summed E-state index contributed by atoms with van der Waals surface area (Å²) in [6.45, 7) is 7.09. The molecule has 32 heavy (non-hydrogen) atoms. The number of fused-ring (bicyclic) bond motifs is 5. The molecule has 7 heteroatoms. The van der Waals surface area contributed by atoms with Crippen molar-refractivity contribution in [3.05, 3.63) is 0 Å². The highest BCUT2D eigenvalue weighted by Crippen LogP contribution is 2.69. The van der Waals surface area contributed by atoms with Gasteiger partial charge in [-0.15, -0.1) is 0 Å². The molecule has 7 nitrogen and oxygen atoms in total. The van der Waals surface area contributed by atoms with E-state index in [9.17, 15) is 19.5 Å². The molecule has 9 atom stereocenters. The van der Waals surface area contributed by atoms with Crippen LogP contribution in [0.25, 0.3) is 0 Å². The van der Waals surface area contributed by atoms with Crippen LogP contribution in [-0.2, 0) is 28.6 Å². The molecule has 0 aromatic heterocycles. The third kappa shape index (κ3) is 3.29. The molecule has 0 aromatic rings. The van der Waals surface area contributed by atoms with Crippen LogP contribution in [0.15, 0.2) is 0 Å². The molecular formula is C25H38O7. The molecule has 0 bridgehead atoms. The number of hydrogen-bond acceptors (Lipinski definition) is 7. The highest BCUT2D eigenvalue weighted by molar-refractivity contribution is 5.75. The minimum atomic E-state index is -1.09. The van der Waals surface area contributed by atoms with E-state index in [0.717, 1.165) is 32.1 Å². The van der Waals surface area contributed by atoms with Crippen LogP contribution in [0.5, 0.6) is 0 Å². The highest BCUT2D eigenvalue weighted by atomic mass is 16.6. The van der Waals surface area contributed by atoms with Crippen LogP contribution >= 0.6 is 0 Å². The first kappa shape index (κ1) is 23.5. The molecule has 1 N–H and O–H groups in total. The van der Waals surface area contributed by atoms with Crippen molar-refractivity contribution in [1.29, 1.82) is 0 Å². The van der Waals surface area contributed by atoms with Gasteiger partial charge in [0.25, 0.3) is 0 Å². The fourth-order valence-corrected chi connectivity index (χ4v) is 8.38. The quantitative estimate of drug-likeness (QED) is 0.520. The molecule has 0 saturated heterocycles. The lowest BCUT2D eigenvalue weighted by Crippen LogP contribution is -2.68. The fourth-order valence-electron chi connectivity index (χ4n) is 8.38. The zero-order valence-corrected chi connectivity index (χ0v) is 20.0. The number of methoxy groups -OCH3 is 1. The van der Waals surface area contributed by atoms with Crippen molar-refractivity contribution in [2.75, 3.05) is 7.11 Å². The second kappa shape index (κ2) is 8.00. The minimum Gasteiger partial charge on any atom is -0.469 e. The summed E-state index contributed by atoms with van der Waals surface area (Å²) in [7, 11) is 1.38. The van der Waals surface area contributed by atoms with Crippen LogP contribution in [-0.4, -0.2) is 47.9 Å². The monoisotopic (exact) mass is 450 g/mol. The summed E-state index contributed by atoms with van der Waals surface area (Å²) < 4.78 is 16.5. The van der Waals surface area contributed by atoms with Gasteiger partial charge in [0.1, 0.15) is 12.2 Å². The summed E-state index contributed by atoms with van der Waals surface area (Å²) in [6, 6.07) is 0. The van der Waals surface area contributed by atoms with Crippen LogP contribution in [0.3, 0.4) is 0 Å². The first-order valence-electron chi connectivity index (χ1n) is 12.1. The van der Waals surface area contributed by atoms with Gasteiger partial charge in [0.05, 0.1) is 18.6 Å². The largest absolute Gasteiger partial charge is 0.469 e. The van der Waals surface area contributed by atoms with Gasteiger partial charge in [-0.05, 0) is 74.5 Å². The Kier molecular flexibility index (Phi) is 5.88. The van der Waals surface area contributed by atoms with Crippen molar-refractivity contribution in [3.63, 3.8) is 0 Å². The van der Waals surface area contributed by atoms with E-state index in [2.05, 4.69) is 6.92 Å². The molecule has 4 aliphatic carbocycles. The van der Waals surface area contributed by atoms with E-state index in [1.54, 1.807) is 0 Å². The van der Waals surface area contributed by atoms with Gasteiger partial charge in [0.15, 0.2) is 0 Å². The summed E-state index contributed by atoms with van der Waals surface area (Å²) in [4.78, 5) is 36.3. The van der Waals surface area contributed by atoms with E-state index in [-0.39, 0.29) is 41.3 Å². The lowest BCUT2D eigenvalue weighted by atomic mass is 9.42. The number of carbonyl (C=O) groups is 3. The third-order valence-electron chi connectivity index (χ3n) is 9.99. The maximum atomic E-state index is 12.7. The van der Waals surface area contributed by atoms with Crippen LogP contribution in [0.2, 0.25) is 0 Å². The molecule has 4 fully saturated rings. The van der Waals surface area contributed by atoms with Gasteiger partial charge in [-0.3, -0.25) is 14.4 Å². The molecule has 0 aliphatic heterocycles. The van der Waals surface area contributed by atoms with E-state index >= 15 is 0 Å². The minimum absolute atomic E-state index is 0.0294. The van der Waals surface area contributed by atoms with Crippen LogP contribution in [0.4, 0.5) is 0 Å². The summed E-state index contributed by atoms with van der Waals surface area (Å²) >= 11 is 0. The number of aliphatic hydroxyl groups is 1. The summed E-state index contributed by atoms with van der Waals surface area (Å²) in [5.74, 6) is -0.827. The average molecular weight is 451 g/mol. The lowest BCUT2D eigenvalue weighted by molar-refractivity contribution is -0.254. The second-order valence-corrected chi connectivity index (χ2v) is 11.2. The first-order valence-corrected chi connectivity index (χ1v) is 12.1. The molecule has 0 radical (unpaired) electrons. The van der Waals surface area contributed by atoms with Gasteiger partial charge in [0.2, 0.25) is 0 Å². The second-order valence-electron chi connectivity index (χ2n) is 11.2. The van der Waals surface area contributed by atoms with Gasteiger partial charge < -0.3 is 19.3 Å². The van der Waals surface area contributed by atoms with E-state index in [1.165, 1.54) is 21.0 Å². The topological polar surface area (TPSA) is 99.1 Å². The Hall–Kier alpha value is -1.63. The van der Waals surface area contributed by atoms with Crippen molar-refractivity contribution < 1.29 is 33.7 Å². The van der Waals surface area contributed by atoms with E-state index in [4.69, 9.17) is 14.2 Å². The Morgan fingerprint density at radius 1 is 0.875 bits per heavy atom. The molecule has 4 rings (SSSR count). The zero-order valence-electron chi connectivity index (χ0n) is 20.0. The highest BCUT2D eigenvalue weighted by Gasteiger charge is 2.72. The normalized spacial score (nSPS) is 47.4. The molecule has 0 heterocycles. The molecule has 0 amide bonds. The molecule has 0 unspecified atom stereocenters. The van der Waals surface area contributed by atoms with Crippen molar-refractivity contribution in [2.45, 2.75) is 96.9 Å². The standard InChI is InChI=1S/C25H38O7/c1-14(26)31-17-8-10-23(3)16(12-17)6-7-18-20(23)13-21(32-15(2)27)24(4)19(22(28)30-5)9-11-25(18,24)29/h16-21,29H,6-13H2,1-5H3/t16-,17-,18-,19-,20+,21+,23-,24+,25-/m0/s1. The molecule has 4 aliphatic rings. The van der Waals surface area contributed by atoms with Gasteiger partial charge in [-0.25, -0.2) is 0 Å².